The van der Waals surface area contributed by atoms with Crippen LogP contribution in [0.15, 0.2) is 95.0 Å². The number of nitrogens with zero attached hydrogens (tertiary/aromatic N) is 2. The number of hydrogen-bond acceptors (Lipinski definition) is 7. The molecule has 174 valence electrons. The van der Waals surface area contributed by atoms with E-state index in [0.717, 1.165) is 22.2 Å². The molecule has 8 heteroatoms. The first kappa shape index (κ1) is 22.0. The van der Waals surface area contributed by atoms with Crippen LogP contribution >= 0.6 is 24.0 Å². The monoisotopic (exact) mass is 499 g/mol. The number of para-hydroxylation sites is 2. The molecule has 6 rings (SSSR count). The van der Waals surface area contributed by atoms with Crippen molar-refractivity contribution in [3.05, 3.63) is 108 Å². The Bertz CT molecular complexity index is 1380. The number of oxazole rings is 1. The van der Waals surface area contributed by atoms with Gasteiger partial charge in [0.1, 0.15) is 28.7 Å². The number of aromatic nitrogens is 1. The Morgan fingerprint density at radius 3 is 2.31 bits per heavy atom. The fourth-order valence-electron chi connectivity index (χ4n) is 4.42. The normalized spacial score (nSPS) is 19.6. The lowest BCUT2D eigenvalue weighted by molar-refractivity contribution is -0.140. The van der Waals surface area contributed by atoms with Crippen molar-refractivity contribution in [1.29, 1.82) is 0 Å². The highest BCUT2D eigenvalue weighted by Crippen LogP contribution is 2.44. The van der Waals surface area contributed by atoms with E-state index in [1.54, 1.807) is 16.7 Å². The topological polar surface area (TPSA) is 81.6 Å². The van der Waals surface area contributed by atoms with Gasteiger partial charge in [-0.1, -0.05) is 72.8 Å². The third-order valence-electron chi connectivity index (χ3n) is 6.18. The molecule has 35 heavy (non-hydrogen) atoms. The second-order valence-corrected chi connectivity index (χ2v) is 9.83. The number of fused-ring (bicyclic) bond motifs is 2. The minimum atomic E-state index is -0.568. The minimum Gasteiger partial charge on any atom is -0.469 e. The van der Waals surface area contributed by atoms with Crippen LogP contribution in [0.3, 0.4) is 0 Å². The minimum absolute atomic E-state index is 0.187. The maximum absolute atomic E-state index is 12.9. The summed E-state index contributed by atoms with van der Waals surface area (Å²) in [5, 5.41) is 0.0181. The molecule has 0 bridgehead atoms. The van der Waals surface area contributed by atoms with Gasteiger partial charge in [0.25, 0.3) is 0 Å². The van der Waals surface area contributed by atoms with Gasteiger partial charge in [0.2, 0.25) is 16.8 Å². The molecule has 3 aromatic carbocycles. The van der Waals surface area contributed by atoms with E-state index in [-0.39, 0.29) is 16.3 Å². The van der Waals surface area contributed by atoms with E-state index in [0.29, 0.717) is 22.9 Å². The van der Waals surface area contributed by atoms with Crippen LogP contribution in [0.2, 0.25) is 0 Å². The fraction of sp³-hybridized carbons (Fsp3) is 0.148. The van der Waals surface area contributed by atoms with Crippen molar-refractivity contribution < 1.29 is 13.9 Å². The Morgan fingerprint density at radius 2 is 1.66 bits per heavy atom. The zero-order chi connectivity index (χ0) is 23.9. The number of β-lactam (4-membered cyclic amide) rings is 1. The SMILES string of the molecule is NC1C(=O)N2C(C(=S)OC(c3ccccc3)c3ccccc3)=C(c3nc4ccccc4o3)CS[C@H]12. The van der Waals surface area contributed by atoms with E-state index in [1.165, 1.54) is 0 Å². The number of amides is 1. The van der Waals surface area contributed by atoms with Crippen molar-refractivity contribution in [2.75, 3.05) is 5.75 Å². The van der Waals surface area contributed by atoms with Gasteiger partial charge in [-0.15, -0.1) is 11.8 Å². The van der Waals surface area contributed by atoms with Crippen LogP contribution in [-0.2, 0) is 9.53 Å². The predicted molar refractivity (Wildman–Crippen MR) is 140 cm³/mol. The summed E-state index contributed by atoms with van der Waals surface area (Å²) < 4.78 is 12.5. The number of thiocarbonyl (C=S) groups is 1. The van der Waals surface area contributed by atoms with Crippen LogP contribution in [0.1, 0.15) is 23.1 Å². The van der Waals surface area contributed by atoms with Gasteiger partial charge in [0, 0.05) is 5.75 Å². The summed E-state index contributed by atoms with van der Waals surface area (Å²) in [6.45, 7) is 0. The first-order chi connectivity index (χ1) is 17.1. The first-order valence-electron chi connectivity index (χ1n) is 11.2. The van der Waals surface area contributed by atoms with E-state index in [2.05, 4.69) is 4.98 Å². The molecule has 0 aliphatic carbocycles. The average Bonchev–Trinajstić information content (AvgIpc) is 3.35. The highest BCUT2D eigenvalue weighted by molar-refractivity contribution is 8.00. The molecular formula is C27H21N3O3S2. The summed E-state index contributed by atoms with van der Waals surface area (Å²) in [6, 6.07) is 26.8. The van der Waals surface area contributed by atoms with Crippen molar-refractivity contribution in [2.45, 2.75) is 17.5 Å². The number of ether oxygens (including phenoxy) is 1. The van der Waals surface area contributed by atoms with E-state index in [9.17, 15) is 4.79 Å². The molecule has 6 nitrogen and oxygen atoms in total. The summed E-state index contributed by atoms with van der Waals surface area (Å²) >= 11 is 7.45. The number of rotatable bonds is 5. The van der Waals surface area contributed by atoms with E-state index < -0.39 is 12.1 Å². The second kappa shape index (κ2) is 8.96. The number of hydrogen-bond donors (Lipinski definition) is 1. The average molecular weight is 500 g/mol. The molecule has 0 spiro atoms. The van der Waals surface area contributed by atoms with Crippen molar-refractivity contribution in [1.82, 2.24) is 9.88 Å². The first-order valence-corrected chi connectivity index (χ1v) is 12.7. The maximum atomic E-state index is 12.9. The van der Waals surface area contributed by atoms with E-state index in [4.69, 9.17) is 27.1 Å². The molecule has 2 atom stereocenters. The molecule has 0 radical (unpaired) electrons. The summed E-state index contributed by atoms with van der Waals surface area (Å²) in [5.74, 6) is 0.796. The molecule has 3 heterocycles. The zero-order valence-electron chi connectivity index (χ0n) is 18.5. The van der Waals surface area contributed by atoms with Crippen LogP contribution in [0.4, 0.5) is 0 Å². The van der Waals surface area contributed by atoms with E-state index >= 15 is 0 Å². The lowest BCUT2D eigenvalue weighted by Gasteiger charge is -2.48. The van der Waals surface area contributed by atoms with Gasteiger partial charge in [0.05, 0.1) is 5.57 Å². The Hall–Kier alpha value is -3.46. The second-order valence-electron chi connectivity index (χ2n) is 8.36. The smallest absolute Gasteiger partial charge is 0.248 e. The number of nitrogens with two attached hydrogens (primary N) is 1. The van der Waals surface area contributed by atoms with Gasteiger partial charge in [-0.3, -0.25) is 9.69 Å². The Kier molecular flexibility index (Phi) is 5.64. The quantitative estimate of drug-likeness (QED) is 0.308. The summed E-state index contributed by atoms with van der Waals surface area (Å²) in [5.41, 5.74) is 10.7. The summed E-state index contributed by atoms with van der Waals surface area (Å²) in [4.78, 5) is 19.2. The van der Waals surface area contributed by atoms with Crippen molar-refractivity contribution >= 4 is 51.6 Å². The Balaban J connectivity index is 1.44. The van der Waals surface area contributed by atoms with Crippen LogP contribution in [-0.4, -0.2) is 38.0 Å². The van der Waals surface area contributed by atoms with Gasteiger partial charge in [-0.25, -0.2) is 4.98 Å². The van der Waals surface area contributed by atoms with Crippen LogP contribution < -0.4 is 5.73 Å². The zero-order valence-corrected chi connectivity index (χ0v) is 20.2. The molecule has 1 fully saturated rings. The summed E-state index contributed by atoms with van der Waals surface area (Å²) in [7, 11) is 0. The summed E-state index contributed by atoms with van der Waals surface area (Å²) in [6.07, 6.45) is -0.444. The lowest BCUT2D eigenvalue weighted by atomic mass is 10.0. The highest BCUT2D eigenvalue weighted by atomic mass is 32.2. The molecule has 1 unspecified atom stereocenters. The van der Waals surface area contributed by atoms with Crippen LogP contribution in [0, 0.1) is 0 Å². The van der Waals surface area contributed by atoms with Crippen LogP contribution in [0.25, 0.3) is 16.7 Å². The standard InChI is InChI=1S/C27H21N3O3S2/c28-21-25(31)30-22(18(15-35-26(21)30)24-29-19-13-7-8-14-20(19)32-24)27(34)33-23(16-9-3-1-4-10-16)17-11-5-2-6-12-17/h1-14,21,23,26H,15,28H2/t21?,26-/m1/s1. The van der Waals surface area contributed by atoms with Gasteiger partial charge >= 0.3 is 0 Å². The molecule has 1 aromatic heterocycles. The van der Waals surface area contributed by atoms with Crippen molar-refractivity contribution in [2.24, 2.45) is 5.73 Å². The molecule has 2 aliphatic rings. The highest BCUT2D eigenvalue weighted by Gasteiger charge is 2.52. The van der Waals surface area contributed by atoms with Crippen molar-refractivity contribution in [3.8, 4) is 0 Å². The number of benzene rings is 3. The van der Waals surface area contributed by atoms with Gasteiger partial charge in [0.15, 0.2) is 5.58 Å². The predicted octanol–water partition coefficient (Wildman–Crippen LogP) is 4.91. The molecule has 2 N–H and O–H groups in total. The van der Waals surface area contributed by atoms with Crippen LogP contribution in [0.5, 0.6) is 0 Å². The van der Waals surface area contributed by atoms with Gasteiger partial charge in [-0.05, 0) is 35.5 Å². The fourth-order valence-corrected chi connectivity index (χ4v) is 6.01. The molecule has 1 saturated heterocycles. The molecule has 4 aromatic rings. The van der Waals surface area contributed by atoms with E-state index in [1.807, 2.05) is 84.9 Å². The van der Waals surface area contributed by atoms with Crippen molar-refractivity contribution in [3.63, 3.8) is 0 Å². The third kappa shape index (κ3) is 3.83. The lowest BCUT2D eigenvalue weighted by Crippen LogP contribution is -2.68. The molecular weight excluding hydrogens is 478 g/mol. The molecule has 0 saturated carbocycles. The largest absolute Gasteiger partial charge is 0.469 e. The number of carbonyl (C=O) groups is 1. The maximum Gasteiger partial charge on any atom is 0.248 e. The van der Waals surface area contributed by atoms with Gasteiger partial charge in [-0.2, -0.15) is 0 Å². The Labute approximate surface area is 211 Å². The number of thioether (sulfide) groups is 1. The third-order valence-corrected chi connectivity index (χ3v) is 7.77. The molecule has 2 aliphatic heterocycles. The number of carbonyl (C=O) groups excluding carboxylic acids is 1. The Morgan fingerprint density at radius 1 is 1.03 bits per heavy atom. The molecule has 1 amide bonds. The van der Waals surface area contributed by atoms with Gasteiger partial charge < -0.3 is 14.9 Å².